The number of hydrogen-bond acceptors (Lipinski definition) is 3. The Bertz CT molecular complexity index is 787. The van der Waals surface area contributed by atoms with Gasteiger partial charge in [-0.3, -0.25) is 4.79 Å². The molecule has 2 aromatic rings. The summed E-state index contributed by atoms with van der Waals surface area (Å²) >= 11 is 0. The van der Waals surface area contributed by atoms with Crippen LogP contribution < -0.4 is 4.72 Å². The minimum absolute atomic E-state index is 0.102. The number of amides is 1. The van der Waals surface area contributed by atoms with Crippen molar-refractivity contribution in [2.24, 2.45) is 0 Å². The van der Waals surface area contributed by atoms with Crippen LogP contribution in [0.25, 0.3) is 0 Å². The smallest absolute Gasteiger partial charge is 0.253 e. The summed E-state index contributed by atoms with van der Waals surface area (Å²) in [7, 11) is -1.86. The van der Waals surface area contributed by atoms with Crippen LogP contribution in [0.3, 0.4) is 0 Å². The zero-order valence-corrected chi connectivity index (χ0v) is 15.4. The summed E-state index contributed by atoms with van der Waals surface area (Å²) in [5.41, 5.74) is 1.37. The van der Waals surface area contributed by atoms with Crippen LogP contribution in [0.5, 0.6) is 0 Å². The summed E-state index contributed by atoms with van der Waals surface area (Å²) in [4.78, 5) is 14.1. The normalized spacial score (nSPS) is 11.3. The van der Waals surface area contributed by atoms with Crippen LogP contribution in [0.15, 0.2) is 59.5 Å². The van der Waals surface area contributed by atoms with Gasteiger partial charge in [0.15, 0.2) is 0 Å². The van der Waals surface area contributed by atoms with Crippen molar-refractivity contribution in [3.63, 3.8) is 0 Å². The molecule has 0 bridgehead atoms. The number of carbonyl (C=O) groups is 1. The van der Waals surface area contributed by atoms with E-state index in [2.05, 4.69) is 11.6 Å². The highest BCUT2D eigenvalue weighted by molar-refractivity contribution is 7.89. The summed E-state index contributed by atoms with van der Waals surface area (Å²) in [5.74, 6) is -0.102. The van der Waals surface area contributed by atoms with E-state index in [0.29, 0.717) is 12.1 Å². The number of unbranched alkanes of at least 4 members (excludes halogenated alkanes) is 1. The van der Waals surface area contributed by atoms with Crippen LogP contribution in [0.2, 0.25) is 0 Å². The van der Waals surface area contributed by atoms with Crippen molar-refractivity contribution in [3.8, 4) is 0 Å². The van der Waals surface area contributed by atoms with E-state index in [-0.39, 0.29) is 17.3 Å². The maximum absolute atomic E-state index is 12.4. The third kappa shape index (κ3) is 5.41. The molecule has 1 N–H and O–H groups in total. The molecule has 0 aliphatic heterocycles. The minimum Gasteiger partial charge on any atom is -0.342 e. The van der Waals surface area contributed by atoms with E-state index in [4.69, 9.17) is 0 Å². The lowest BCUT2D eigenvalue weighted by Gasteiger charge is -2.17. The van der Waals surface area contributed by atoms with Gasteiger partial charge in [-0.05, 0) is 36.2 Å². The van der Waals surface area contributed by atoms with Crippen LogP contribution in [0.4, 0.5) is 0 Å². The van der Waals surface area contributed by atoms with E-state index >= 15 is 0 Å². The van der Waals surface area contributed by atoms with Gasteiger partial charge >= 0.3 is 0 Å². The van der Waals surface area contributed by atoms with E-state index in [1.807, 2.05) is 30.3 Å². The first-order chi connectivity index (χ1) is 11.9. The molecule has 0 aliphatic carbocycles. The molecular formula is C19H24N2O3S. The van der Waals surface area contributed by atoms with Gasteiger partial charge in [0.2, 0.25) is 10.0 Å². The molecule has 0 saturated heterocycles. The van der Waals surface area contributed by atoms with Crippen LogP contribution in [-0.4, -0.2) is 32.8 Å². The van der Waals surface area contributed by atoms with Gasteiger partial charge in [-0.25, -0.2) is 13.1 Å². The summed E-state index contributed by atoms with van der Waals surface area (Å²) < 4.78 is 27.3. The fraction of sp³-hybridized carbons (Fsp3) is 0.316. The van der Waals surface area contributed by atoms with E-state index in [9.17, 15) is 13.2 Å². The summed E-state index contributed by atoms with van der Waals surface area (Å²) in [6.45, 7) is 2.98. The first kappa shape index (κ1) is 19.1. The highest BCUT2D eigenvalue weighted by Crippen LogP contribution is 2.13. The topological polar surface area (TPSA) is 66.5 Å². The Morgan fingerprint density at radius 3 is 2.28 bits per heavy atom. The molecular weight excluding hydrogens is 336 g/mol. The Kier molecular flexibility index (Phi) is 6.73. The number of rotatable bonds is 8. The van der Waals surface area contributed by atoms with Gasteiger partial charge in [0, 0.05) is 25.7 Å². The lowest BCUT2D eigenvalue weighted by Crippen LogP contribution is -2.28. The molecule has 2 aromatic carbocycles. The average Bonchev–Trinajstić information content (AvgIpc) is 2.65. The fourth-order valence-electron chi connectivity index (χ4n) is 2.35. The molecule has 0 atom stereocenters. The van der Waals surface area contributed by atoms with Crippen LogP contribution in [-0.2, 0) is 16.6 Å². The van der Waals surface area contributed by atoms with Crippen LogP contribution in [0, 0.1) is 0 Å². The molecule has 0 saturated carbocycles. The Hall–Kier alpha value is -2.18. The molecule has 0 aromatic heterocycles. The second-order valence-electron chi connectivity index (χ2n) is 5.91. The largest absolute Gasteiger partial charge is 0.342 e. The highest BCUT2D eigenvalue weighted by Gasteiger charge is 2.16. The molecule has 0 heterocycles. The first-order valence-electron chi connectivity index (χ1n) is 8.33. The van der Waals surface area contributed by atoms with Gasteiger partial charge in [-0.2, -0.15) is 0 Å². The molecule has 0 unspecified atom stereocenters. The minimum atomic E-state index is -3.61. The Labute approximate surface area is 149 Å². The number of benzene rings is 2. The lowest BCUT2D eigenvalue weighted by molar-refractivity contribution is 0.0793. The predicted octanol–water partition coefficient (Wildman–Crippen LogP) is 3.04. The third-order valence-electron chi connectivity index (χ3n) is 3.91. The quantitative estimate of drug-likeness (QED) is 0.787. The van der Waals surface area contributed by atoms with Crippen LogP contribution in [0.1, 0.15) is 35.7 Å². The number of nitrogens with zero attached hydrogens (tertiary/aromatic N) is 1. The monoisotopic (exact) mass is 360 g/mol. The van der Waals surface area contributed by atoms with Crippen molar-refractivity contribution >= 4 is 15.9 Å². The maximum atomic E-state index is 12.4. The van der Waals surface area contributed by atoms with Crippen LogP contribution >= 0.6 is 0 Å². The second kappa shape index (κ2) is 8.78. The molecule has 0 fully saturated rings. The first-order valence-corrected chi connectivity index (χ1v) is 9.81. The Morgan fingerprint density at radius 2 is 1.68 bits per heavy atom. The molecule has 1 amide bonds. The molecule has 0 spiro atoms. The van der Waals surface area contributed by atoms with Gasteiger partial charge < -0.3 is 4.90 Å². The molecule has 0 radical (unpaired) electrons. The van der Waals surface area contributed by atoms with Gasteiger partial charge in [0.25, 0.3) is 5.91 Å². The summed E-state index contributed by atoms with van der Waals surface area (Å²) in [6, 6.07) is 15.4. The molecule has 0 aliphatic rings. The van der Waals surface area contributed by atoms with Crippen molar-refractivity contribution in [2.45, 2.75) is 31.2 Å². The average molecular weight is 360 g/mol. The fourth-order valence-corrected chi connectivity index (χ4v) is 3.37. The van der Waals surface area contributed by atoms with E-state index in [0.717, 1.165) is 18.4 Å². The lowest BCUT2D eigenvalue weighted by atomic mass is 10.2. The summed E-state index contributed by atoms with van der Waals surface area (Å²) in [6.07, 6.45) is 1.96. The third-order valence-corrected chi connectivity index (χ3v) is 5.33. The maximum Gasteiger partial charge on any atom is 0.253 e. The van der Waals surface area contributed by atoms with E-state index in [1.165, 1.54) is 12.1 Å². The molecule has 25 heavy (non-hydrogen) atoms. The van der Waals surface area contributed by atoms with Gasteiger partial charge in [-0.1, -0.05) is 43.7 Å². The SMILES string of the molecule is CCCCN(C)C(=O)c1ccc(S(=O)(=O)NCc2ccccc2)cc1. The van der Waals surface area contributed by atoms with Gasteiger partial charge in [-0.15, -0.1) is 0 Å². The zero-order valence-electron chi connectivity index (χ0n) is 14.6. The number of hydrogen-bond donors (Lipinski definition) is 1. The van der Waals surface area contributed by atoms with E-state index < -0.39 is 10.0 Å². The Balaban J connectivity index is 2.04. The second-order valence-corrected chi connectivity index (χ2v) is 7.68. The summed E-state index contributed by atoms with van der Waals surface area (Å²) in [5, 5.41) is 0. The standard InChI is InChI=1S/C19H24N2O3S/c1-3-4-14-21(2)19(22)17-10-12-18(13-11-17)25(23,24)20-15-16-8-6-5-7-9-16/h5-13,20H,3-4,14-15H2,1-2H3. The molecule has 134 valence electrons. The van der Waals surface area contributed by atoms with E-state index in [1.54, 1.807) is 24.1 Å². The van der Waals surface area contributed by atoms with Crippen molar-refractivity contribution < 1.29 is 13.2 Å². The Morgan fingerprint density at radius 1 is 1.04 bits per heavy atom. The number of nitrogens with one attached hydrogen (secondary N) is 1. The van der Waals surface area contributed by atoms with Gasteiger partial charge in [0.05, 0.1) is 4.90 Å². The van der Waals surface area contributed by atoms with Crippen molar-refractivity contribution in [3.05, 3.63) is 65.7 Å². The molecule has 5 nitrogen and oxygen atoms in total. The highest BCUT2D eigenvalue weighted by atomic mass is 32.2. The van der Waals surface area contributed by atoms with Crippen molar-refractivity contribution in [2.75, 3.05) is 13.6 Å². The van der Waals surface area contributed by atoms with Gasteiger partial charge in [0.1, 0.15) is 0 Å². The predicted molar refractivity (Wildman–Crippen MR) is 98.8 cm³/mol. The number of carbonyl (C=O) groups excluding carboxylic acids is 1. The zero-order chi connectivity index (χ0) is 18.3. The van der Waals surface area contributed by atoms with Crippen molar-refractivity contribution in [1.82, 2.24) is 9.62 Å². The molecule has 2 rings (SSSR count). The molecule has 6 heteroatoms. The number of sulfonamides is 1. The van der Waals surface area contributed by atoms with Crippen molar-refractivity contribution in [1.29, 1.82) is 0 Å².